The standard InChI is InChI=1S/C17H25N3O5/c1-4-24-17(22)20-19-12-7-5-8-13-14(12)11(2)15(25-13)16(21)18-9-6-10-23-3/h4-10H2,1-3H3,(H,18,21)(H,20,22)/b19-12+. The largest absolute Gasteiger partial charge is 0.455 e. The topological polar surface area (TPSA) is 102 Å². The maximum absolute atomic E-state index is 12.3. The first kappa shape index (κ1) is 19.0. The van der Waals surface area contributed by atoms with E-state index in [-0.39, 0.29) is 12.5 Å². The number of aryl methyl sites for hydroxylation is 1. The molecule has 0 radical (unpaired) electrons. The SMILES string of the molecule is CCOC(=O)N/N=C1\CCCc2oc(C(=O)NCCCOC)c(C)c21. The van der Waals surface area contributed by atoms with E-state index in [9.17, 15) is 9.59 Å². The molecule has 1 aliphatic rings. The molecule has 0 saturated carbocycles. The molecule has 0 unspecified atom stereocenters. The van der Waals surface area contributed by atoms with Crippen molar-refractivity contribution in [2.45, 2.75) is 39.5 Å². The summed E-state index contributed by atoms with van der Waals surface area (Å²) in [4.78, 5) is 23.8. The number of fused-ring (bicyclic) bond motifs is 1. The molecule has 0 spiro atoms. The minimum Gasteiger partial charge on any atom is -0.455 e. The number of carbonyl (C=O) groups excluding carboxylic acids is 2. The summed E-state index contributed by atoms with van der Waals surface area (Å²) in [6.07, 6.45) is 2.43. The van der Waals surface area contributed by atoms with Gasteiger partial charge in [-0.25, -0.2) is 10.2 Å². The van der Waals surface area contributed by atoms with Gasteiger partial charge in [0.2, 0.25) is 0 Å². The molecule has 1 aromatic heterocycles. The molecule has 1 heterocycles. The zero-order valence-corrected chi connectivity index (χ0v) is 14.9. The third-order valence-electron chi connectivity index (χ3n) is 3.90. The molecule has 2 rings (SSSR count). The highest BCUT2D eigenvalue weighted by molar-refractivity contribution is 6.06. The summed E-state index contributed by atoms with van der Waals surface area (Å²) < 4.78 is 15.5. The summed E-state index contributed by atoms with van der Waals surface area (Å²) in [5, 5.41) is 6.97. The lowest BCUT2D eigenvalue weighted by Gasteiger charge is -2.13. The Hall–Kier alpha value is -2.35. The smallest absolute Gasteiger partial charge is 0.427 e. The number of nitrogens with one attached hydrogen (secondary N) is 2. The van der Waals surface area contributed by atoms with Gasteiger partial charge in [-0.3, -0.25) is 4.79 Å². The molecule has 1 aliphatic carbocycles. The van der Waals surface area contributed by atoms with Gasteiger partial charge in [0.05, 0.1) is 12.3 Å². The van der Waals surface area contributed by atoms with Crippen molar-refractivity contribution in [2.75, 3.05) is 26.9 Å². The van der Waals surface area contributed by atoms with E-state index < -0.39 is 6.09 Å². The van der Waals surface area contributed by atoms with E-state index in [1.54, 1.807) is 14.0 Å². The zero-order valence-electron chi connectivity index (χ0n) is 14.9. The minimum atomic E-state index is -0.598. The van der Waals surface area contributed by atoms with Crippen LogP contribution in [0.4, 0.5) is 4.79 Å². The van der Waals surface area contributed by atoms with Gasteiger partial charge in [0.1, 0.15) is 5.76 Å². The average Bonchev–Trinajstić information content (AvgIpc) is 2.94. The third-order valence-corrected chi connectivity index (χ3v) is 3.90. The molecule has 2 N–H and O–H groups in total. The van der Waals surface area contributed by atoms with Crippen molar-refractivity contribution < 1.29 is 23.5 Å². The molecule has 0 aromatic carbocycles. The summed E-state index contributed by atoms with van der Waals surface area (Å²) in [7, 11) is 1.62. The summed E-state index contributed by atoms with van der Waals surface area (Å²) >= 11 is 0. The summed E-state index contributed by atoms with van der Waals surface area (Å²) in [6.45, 7) is 4.94. The normalized spacial score (nSPS) is 14.9. The number of hydrogen-bond acceptors (Lipinski definition) is 6. The van der Waals surface area contributed by atoms with E-state index in [4.69, 9.17) is 13.9 Å². The number of hydrogen-bond donors (Lipinski definition) is 2. The Morgan fingerprint density at radius 2 is 2.12 bits per heavy atom. The number of ether oxygens (including phenoxy) is 2. The van der Waals surface area contributed by atoms with Gasteiger partial charge >= 0.3 is 6.09 Å². The van der Waals surface area contributed by atoms with Crippen LogP contribution >= 0.6 is 0 Å². The van der Waals surface area contributed by atoms with Crippen molar-refractivity contribution in [2.24, 2.45) is 5.10 Å². The van der Waals surface area contributed by atoms with Crippen LogP contribution in [0.15, 0.2) is 9.52 Å². The minimum absolute atomic E-state index is 0.249. The Kier molecular flexibility index (Phi) is 7.00. The lowest BCUT2D eigenvalue weighted by atomic mass is 9.93. The molecule has 0 fully saturated rings. The quantitative estimate of drug-likeness (QED) is 0.579. The van der Waals surface area contributed by atoms with E-state index in [0.717, 1.165) is 36.1 Å². The second-order valence-electron chi connectivity index (χ2n) is 5.70. The predicted octanol–water partition coefficient (Wildman–Crippen LogP) is 2.14. The second kappa shape index (κ2) is 9.22. The molecule has 0 saturated heterocycles. The molecule has 1 aromatic rings. The fourth-order valence-electron chi connectivity index (χ4n) is 2.77. The Morgan fingerprint density at radius 3 is 2.84 bits per heavy atom. The van der Waals surface area contributed by atoms with Crippen LogP contribution in [-0.4, -0.2) is 44.6 Å². The maximum atomic E-state index is 12.3. The molecule has 8 nitrogen and oxygen atoms in total. The number of rotatable bonds is 7. The van der Waals surface area contributed by atoms with Gasteiger partial charge in [-0.15, -0.1) is 0 Å². The summed E-state index contributed by atoms with van der Waals surface area (Å²) in [6, 6.07) is 0. The van der Waals surface area contributed by atoms with Crippen LogP contribution in [0.25, 0.3) is 0 Å². The Labute approximate surface area is 146 Å². The van der Waals surface area contributed by atoms with Crippen LogP contribution in [-0.2, 0) is 15.9 Å². The molecule has 0 bridgehead atoms. The number of furan rings is 1. The molecular weight excluding hydrogens is 326 g/mol. The number of methoxy groups -OCH3 is 1. The number of carbonyl (C=O) groups is 2. The van der Waals surface area contributed by atoms with Crippen molar-refractivity contribution in [3.63, 3.8) is 0 Å². The van der Waals surface area contributed by atoms with Crippen LogP contribution in [0.2, 0.25) is 0 Å². The van der Waals surface area contributed by atoms with E-state index in [1.165, 1.54) is 0 Å². The second-order valence-corrected chi connectivity index (χ2v) is 5.70. The van der Waals surface area contributed by atoms with Gasteiger partial charge < -0.3 is 19.2 Å². The van der Waals surface area contributed by atoms with Gasteiger partial charge in [-0.2, -0.15) is 5.10 Å². The molecular formula is C17H25N3O5. The molecule has 138 valence electrons. The average molecular weight is 351 g/mol. The van der Waals surface area contributed by atoms with Gasteiger partial charge in [-0.05, 0) is 33.1 Å². The number of nitrogens with zero attached hydrogens (tertiary/aromatic N) is 1. The highest BCUT2D eigenvalue weighted by Crippen LogP contribution is 2.29. The van der Waals surface area contributed by atoms with E-state index in [1.807, 2.05) is 6.92 Å². The molecule has 0 atom stereocenters. The van der Waals surface area contributed by atoms with Crippen LogP contribution in [0.3, 0.4) is 0 Å². The first-order chi connectivity index (χ1) is 12.1. The first-order valence-corrected chi connectivity index (χ1v) is 8.47. The van der Waals surface area contributed by atoms with Crippen LogP contribution < -0.4 is 10.7 Å². The van der Waals surface area contributed by atoms with Gasteiger partial charge in [0.15, 0.2) is 5.76 Å². The van der Waals surface area contributed by atoms with Crippen LogP contribution in [0.5, 0.6) is 0 Å². The Morgan fingerprint density at radius 1 is 1.32 bits per heavy atom. The van der Waals surface area contributed by atoms with Crippen LogP contribution in [0, 0.1) is 6.92 Å². The fraction of sp³-hybridized carbons (Fsp3) is 0.588. The van der Waals surface area contributed by atoms with Crippen molar-refractivity contribution in [3.05, 3.63) is 22.6 Å². The number of hydrazone groups is 1. The van der Waals surface area contributed by atoms with Gasteiger partial charge in [0, 0.05) is 37.8 Å². The zero-order chi connectivity index (χ0) is 18.2. The van der Waals surface area contributed by atoms with Crippen molar-refractivity contribution in [1.82, 2.24) is 10.7 Å². The molecule has 8 heteroatoms. The lowest BCUT2D eigenvalue weighted by Crippen LogP contribution is -2.25. The van der Waals surface area contributed by atoms with Crippen molar-refractivity contribution in [3.8, 4) is 0 Å². The highest BCUT2D eigenvalue weighted by atomic mass is 16.5. The monoisotopic (exact) mass is 351 g/mol. The maximum Gasteiger partial charge on any atom is 0.427 e. The van der Waals surface area contributed by atoms with Crippen molar-refractivity contribution >= 4 is 17.7 Å². The first-order valence-electron chi connectivity index (χ1n) is 8.47. The highest BCUT2D eigenvalue weighted by Gasteiger charge is 2.27. The van der Waals surface area contributed by atoms with Crippen molar-refractivity contribution in [1.29, 1.82) is 0 Å². The van der Waals surface area contributed by atoms with Gasteiger partial charge in [0.25, 0.3) is 5.91 Å². The Balaban J connectivity index is 2.13. The van der Waals surface area contributed by atoms with E-state index in [0.29, 0.717) is 31.0 Å². The summed E-state index contributed by atoms with van der Waals surface area (Å²) in [5.74, 6) is 0.782. The van der Waals surface area contributed by atoms with Crippen LogP contribution in [0.1, 0.15) is 53.6 Å². The molecule has 25 heavy (non-hydrogen) atoms. The van der Waals surface area contributed by atoms with E-state index >= 15 is 0 Å². The van der Waals surface area contributed by atoms with Gasteiger partial charge in [-0.1, -0.05) is 0 Å². The lowest BCUT2D eigenvalue weighted by molar-refractivity contribution is 0.0918. The molecule has 2 amide bonds. The summed E-state index contributed by atoms with van der Waals surface area (Å²) in [5.41, 5.74) is 4.63. The fourth-order valence-corrected chi connectivity index (χ4v) is 2.77. The predicted molar refractivity (Wildman–Crippen MR) is 91.9 cm³/mol. The number of amides is 2. The third kappa shape index (κ3) is 4.82. The van der Waals surface area contributed by atoms with E-state index in [2.05, 4.69) is 15.8 Å². The Bertz CT molecular complexity index is 651. The molecule has 0 aliphatic heterocycles.